The van der Waals surface area contributed by atoms with E-state index >= 15 is 0 Å². The van der Waals surface area contributed by atoms with Gasteiger partial charge in [-0.3, -0.25) is 4.79 Å². The zero-order chi connectivity index (χ0) is 10.1. The van der Waals surface area contributed by atoms with Crippen LogP contribution in [0.15, 0.2) is 0 Å². The SMILES string of the molecule is O=C1NCCC1N(I)CC(F)(F)F. The van der Waals surface area contributed by atoms with Crippen LogP contribution in [0.3, 0.4) is 0 Å². The monoisotopic (exact) mass is 308 g/mol. The summed E-state index contributed by atoms with van der Waals surface area (Å²) in [4.78, 5) is 11.0. The highest BCUT2D eigenvalue weighted by atomic mass is 127. The Balaban J connectivity index is 2.47. The van der Waals surface area contributed by atoms with Gasteiger partial charge in [0.15, 0.2) is 0 Å². The maximum Gasteiger partial charge on any atom is 0.402 e. The smallest absolute Gasteiger partial charge is 0.355 e. The van der Waals surface area contributed by atoms with Gasteiger partial charge in [-0.25, -0.2) is 3.11 Å². The lowest BCUT2D eigenvalue weighted by atomic mass is 10.2. The number of hydrogen-bond donors (Lipinski definition) is 1. The molecule has 0 aromatic carbocycles. The molecule has 1 atom stereocenters. The molecule has 7 heteroatoms. The van der Waals surface area contributed by atoms with E-state index in [0.29, 0.717) is 13.0 Å². The Labute approximate surface area is 87.1 Å². The number of carbonyl (C=O) groups excluding carboxylic acids is 1. The maximum atomic E-state index is 11.9. The van der Waals surface area contributed by atoms with Crippen LogP contribution in [-0.2, 0) is 4.79 Å². The van der Waals surface area contributed by atoms with Crippen LogP contribution in [0.2, 0.25) is 0 Å². The van der Waals surface area contributed by atoms with E-state index in [2.05, 4.69) is 5.32 Å². The summed E-state index contributed by atoms with van der Waals surface area (Å²) in [6, 6.07) is -0.637. The molecule has 0 saturated carbocycles. The number of alkyl halides is 3. The molecule has 1 amide bonds. The van der Waals surface area contributed by atoms with Crippen molar-refractivity contribution in [3.63, 3.8) is 0 Å². The molecular formula is C6H8F3IN2O. The van der Waals surface area contributed by atoms with Gasteiger partial charge >= 0.3 is 6.18 Å². The van der Waals surface area contributed by atoms with Crippen LogP contribution >= 0.6 is 22.9 Å². The highest BCUT2D eigenvalue weighted by molar-refractivity contribution is 14.1. The molecule has 1 rings (SSSR count). The average molecular weight is 308 g/mol. The predicted octanol–water partition coefficient (Wildman–Crippen LogP) is 1.09. The minimum atomic E-state index is -4.25. The van der Waals surface area contributed by atoms with Crippen LogP contribution in [0, 0.1) is 0 Å². The molecule has 0 bridgehead atoms. The van der Waals surface area contributed by atoms with Gasteiger partial charge in [-0.05, 0) is 6.42 Å². The average Bonchev–Trinajstić information content (AvgIpc) is 2.30. The fourth-order valence-corrected chi connectivity index (χ4v) is 2.05. The number of nitrogens with zero attached hydrogens (tertiary/aromatic N) is 1. The first-order valence-electron chi connectivity index (χ1n) is 3.67. The summed E-state index contributed by atoms with van der Waals surface area (Å²) in [6.07, 6.45) is -3.80. The zero-order valence-electron chi connectivity index (χ0n) is 6.57. The first-order valence-corrected chi connectivity index (χ1v) is 4.63. The van der Waals surface area contributed by atoms with Crippen LogP contribution in [0.1, 0.15) is 6.42 Å². The van der Waals surface area contributed by atoms with Crippen molar-refractivity contribution < 1.29 is 18.0 Å². The normalized spacial score (nSPS) is 23.8. The number of nitrogens with one attached hydrogen (secondary N) is 1. The number of rotatable bonds is 2. The molecule has 1 N–H and O–H groups in total. The Morgan fingerprint density at radius 1 is 1.62 bits per heavy atom. The molecule has 13 heavy (non-hydrogen) atoms. The first-order chi connectivity index (χ1) is 5.90. The van der Waals surface area contributed by atoms with Crippen molar-refractivity contribution in [3.8, 4) is 0 Å². The number of amides is 1. The summed E-state index contributed by atoms with van der Waals surface area (Å²) in [6.45, 7) is -0.591. The molecule has 76 valence electrons. The van der Waals surface area contributed by atoms with Gasteiger partial charge in [0, 0.05) is 29.4 Å². The Morgan fingerprint density at radius 2 is 2.23 bits per heavy atom. The quantitative estimate of drug-likeness (QED) is 0.612. The van der Waals surface area contributed by atoms with Crippen LogP contribution in [-0.4, -0.2) is 34.3 Å². The predicted molar refractivity (Wildman–Crippen MR) is 48.2 cm³/mol. The van der Waals surface area contributed by atoms with Gasteiger partial charge < -0.3 is 5.32 Å². The summed E-state index contributed by atoms with van der Waals surface area (Å²) in [7, 11) is 0. The third-order valence-electron chi connectivity index (χ3n) is 1.69. The van der Waals surface area contributed by atoms with E-state index in [0.717, 1.165) is 3.11 Å². The van der Waals surface area contributed by atoms with Gasteiger partial charge in [-0.15, -0.1) is 0 Å². The second kappa shape index (κ2) is 3.99. The van der Waals surface area contributed by atoms with E-state index in [1.165, 1.54) is 22.9 Å². The number of halogens is 4. The second-order valence-electron chi connectivity index (χ2n) is 2.77. The van der Waals surface area contributed by atoms with E-state index in [-0.39, 0.29) is 5.91 Å². The van der Waals surface area contributed by atoms with Gasteiger partial charge in [-0.1, -0.05) is 0 Å². The lowest BCUT2D eigenvalue weighted by Gasteiger charge is -2.20. The van der Waals surface area contributed by atoms with Gasteiger partial charge in [0.05, 0.1) is 0 Å². The van der Waals surface area contributed by atoms with E-state index in [1.54, 1.807) is 0 Å². The highest BCUT2D eigenvalue weighted by Crippen LogP contribution is 2.23. The molecule has 0 radical (unpaired) electrons. The summed E-state index contributed by atoms with van der Waals surface area (Å²) in [5.74, 6) is -0.321. The zero-order valence-corrected chi connectivity index (χ0v) is 8.72. The van der Waals surface area contributed by atoms with E-state index < -0.39 is 18.8 Å². The maximum absolute atomic E-state index is 11.9. The van der Waals surface area contributed by atoms with Crippen LogP contribution in [0.5, 0.6) is 0 Å². The van der Waals surface area contributed by atoms with Gasteiger partial charge in [0.25, 0.3) is 0 Å². The summed E-state index contributed by atoms with van der Waals surface area (Å²) >= 11 is 1.54. The highest BCUT2D eigenvalue weighted by Gasteiger charge is 2.37. The fourth-order valence-electron chi connectivity index (χ4n) is 1.13. The first kappa shape index (κ1) is 11.0. The van der Waals surface area contributed by atoms with Gasteiger partial charge in [-0.2, -0.15) is 13.2 Å². The van der Waals surface area contributed by atoms with Crippen molar-refractivity contribution in [1.29, 1.82) is 0 Å². The van der Waals surface area contributed by atoms with Crippen LogP contribution < -0.4 is 5.32 Å². The molecule has 0 aromatic heterocycles. The number of carbonyl (C=O) groups is 1. The molecule has 0 spiro atoms. The lowest BCUT2D eigenvalue weighted by Crippen LogP contribution is -2.39. The van der Waals surface area contributed by atoms with E-state index in [1.807, 2.05) is 0 Å². The standard InChI is InChI=1S/C6H8F3IN2O/c7-6(8,9)3-12(10)4-1-2-11-5(4)13/h4H,1-3H2,(H,11,13). The van der Waals surface area contributed by atoms with Crippen molar-refractivity contribution in [3.05, 3.63) is 0 Å². The molecule has 1 fully saturated rings. The molecule has 0 aliphatic carbocycles. The van der Waals surface area contributed by atoms with Crippen molar-refractivity contribution >= 4 is 28.8 Å². The third kappa shape index (κ3) is 3.29. The molecular weight excluding hydrogens is 300 g/mol. The lowest BCUT2D eigenvalue weighted by molar-refractivity contribution is -0.139. The minimum Gasteiger partial charge on any atom is -0.355 e. The summed E-state index contributed by atoms with van der Waals surface area (Å²) in [5, 5.41) is 2.48. The van der Waals surface area contributed by atoms with Crippen molar-refractivity contribution in [2.45, 2.75) is 18.6 Å². The molecule has 1 aliphatic heterocycles. The molecule has 1 unspecified atom stereocenters. The number of hydrogen-bond acceptors (Lipinski definition) is 2. The van der Waals surface area contributed by atoms with Crippen molar-refractivity contribution in [2.75, 3.05) is 13.1 Å². The van der Waals surface area contributed by atoms with Gasteiger partial charge in [0.2, 0.25) is 5.91 Å². The second-order valence-corrected chi connectivity index (χ2v) is 4.01. The van der Waals surface area contributed by atoms with Crippen molar-refractivity contribution in [2.24, 2.45) is 0 Å². The summed E-state index contributed by atoms with van der Waals surface area (Å²) in [5.41, 5.74) is 0. The van der Waals surface area contributed by atoms with E-state index in [4.69, 9.17) is 0 Å². The Kier molecular flexibility index (Phi) is 3.38. The molecule has 1 saturated heterocycles. The minimum absolute atomic E-state index is 0.321. The molecule has 3 nitrogen and oxygen atoms in total. The molecule has 1 heterocycles. The Hall–Kier alpha value is -0.0500. The Bertz CT molecular complexity index is 209. The van der Waals surface area contributed by atoms with Crippen LogP contribution in [0.25, 0.3) is 0 Å². The summed E-state index contributed by atoms with van der Waals surface area (Å²) < 4.78 is 36.7. The third-order valence-corrected chi connectivity index (χ3v) is 2.70. The fraction of sp³-hybridized carbons (Fsp3) is 0.833. The molecule has 1 aliphatic rings. The molecule has 0 aromatic rings. The van der Waals surface area contributed by atoms with Gasteiger partial charge in [0.1, 0.15) is 12.6 Å². The van der Waals surface area contributed by atoms with E-state index in [9.17, 15) is 18.0 Å². The Morgan fingerprint density at radius 3 is 2.62 bits per heavy atom. The topological polar surface area (TPSA) is 32.3 Å². The van der Waals surface area contributed by atoms with Crippen LogP contribution in [0.4, 0.5) is 13.2 Å². The largest absolute Gasteiger partial charge is 0.402 e. The van der Waals surface area contributed by atoms with Crippen molar-refractivity contribution in [1.82, 2.24) is 8.43 Å².